The number of nitrogen functional groups attached to an aromatic ring is 1. The third kappa shape index (κ3) is 3.02. The van der Waals surface area contributed by atoms with Gasteiger partial charge in [0.15, 0.2) is 0 Å². The number of nitrogens with two attached hydrogens (primary N) is 1. The molecule has 0 saturated carbocycles. The van der Waals surface area contributed by atoms with Crippen LogP contribution in [0.2, 0.25) is 0 Å². The lowest BCUT2D eigenvalue weighted by Gasteiger charge is -2.26. The molecule has 0 unspecified atom stereocenters. The van der Waals surface area contributed by atoms with Gasteiger partial charge in [0.2, 0.25) is 0 Å². The van der Waals surface area contributed by atoms with Gasteiger partial charge in [-0.1, -0.05) is 13.8 Å². The van der Waals surface area contributed by atoms with E-state index in [0.29, 0.717) is 10.0 Å². The Morgan fingerprint density at radius 1 is 1.44 bits per heavy atom. The number of carbonyl (C=O) groups is 1. The maximum atomic E-state index is 13.2. The molecule has 100 valence electrons. The van der Waals surface area contributed by atoms with E-state index in [1.54, 1.807) is 11.9 Å². The highest BCUT2D eigenvalue weighted by Crippen LogP contribution is 2.25. The van der Waals surface area contributed by atoms with Gasteiger partial charge in [-0.3, -0.25) is 4.79 Å². The Balaban J connectivity index is 3.07. The van der Waals surface area contributed by atoms with Crippen molar-refractivity contribution in [3.8, 4) is 0 Å². The van der Waals surface area contributed by atoms with E-state index in [1.807, 2.05) is 13.8 Å². The third-order valence-electron chi connectivity index (χ3n) is 3.13. The number of rotatable bonds is 4. The predicted molar refractivity (Wildman–Crippen MR) is 75.0 cm³/mol. The number of anilines is 1. The molecule has 0 aliphatic carbocycles. The standard InChI is InChI=1S/C13H18BrFN2O/c1-4-8(5-2)17(3)13(18)9-6-12(16)11(15)7-10(9)14/h6-8H,4-5,16H2,1-3H3. The fraction of sp³-hybridized carbons (Fsp3) is 0.462. The number of nitrogens with zero attached hydrogens (tertiary/aromatic N) is 1. The van der Waals surface area contributed by atoms with E-state index in [1.165, 1.54) is 12.1 Å². The molecule has 2 N–H and O–H groups in total. The zero-order chi connectivity index (χ0) is 13.9. The fourth-order valence-electron chi connectivity index (χ4n) is 1.92. The summed E-state index contributed by atoms with van der Waals surface area (Å²) in [6, 6.07) is 2.78. The van der Waals surface area contributed by atoms with E-state index in [-0.39, 0.29) is 17.6 Å². The molecule has 1 amide bonds. The molecule has 0 aliphatic rings. The highest BCUT2D eigenvalue weighted by molar-refractivity contribution is 9.10. The van der Waals surface area contributed by atoms with Gasteiger partial charge in [-0.2, -0.15) is 0 Å². The SMILES string of the molecule is CCC(CC)N(C)C(=O)c1cc(N)c(F)cc1Br. The highest BCUT2D eigenvalue weighted by Gasteiger charge is 2.21. The molecular formula is C13H18BrFN2O. The van der Waals surface area contributed by atoms with Crippen LogP contribution in [0, 0.1) is 5.82 Å². The van der Waals surface area contributed by atoms with Gasteiger partial charge in [-0.15, -0.1) is 0 Å². The molecule has 18 heavy (non-hydrogen) atoms. The molecule has 0 atom stereocenters. The van der Waals surface area contributed by atoms with Gasteiger partial charge >= 0.3 is 0 Å². The summed E-state index contributed by atoms with van der Waals surface area (Å²) in [5, 5.41) is 0. The predicted octanol–water partition coefficient (Wildman–Crippen LogP) is 3.43. The van der Waals surface area contributed by atoms with Crippen LogP contribution in [-0.2, 0) is 0 Å². The number of halogens is 2. The van der Waals surface area contributed by atoms with Gasteiger partial charge in [0.1, 0.15) is 5.82 Å². The maximum Gasteiger partial charge on any atom is 0.255 e. The average Bonchev–Trinajstić information content (AvgIpc) is 2.34. The molecule has 5 heteroatoms. The summed E-state index contributed by atoms with van der Waals surface area (Å²) in [6.07, 6.45) is 1.76. The first-order valence-corrected chi connectivity index (χ1v) is 6.73. The van der Waals surface area contributed by atoms with Gasteiger partial charge < -0.3 is 10.6 Å². The molecule has 3 nitrogen and oxygen atoms in total. The second kappa shape index (κ2) is 6.18. The van der Waals surface area contributed by atoms with E-state index in [9.17, 15) is 9.18 Å². The Morgan fingerprint density at radius 2 is 2.00 bits per heavy atom. The second-order valence-electron chi connectivity index (χ2n) is 4.24. The molecule has 0 spiro atoms. The first kappa shape index (κ1) is 15.0. The molecule has 1 aromatic carbocycles. The van der Waals surface area contributed by atoms with Crippen molar-refractivity contribution in [2.45, 2.75) is 32.7 Å². The minimum atomic E-state index is -0.524. The molecule has 0 radical (unpaired) electrons. The molecule has 1 rings (SSSR count). The van der Waals surface area contributed by atoms with Gasteiger partial charge in [-0.05, 0) is 40.9 Å². The number of carbonyl (C=O) groups excluding carboxylic acids is 1. The van der Waals surface area contributed by atoms with Gasteiger partial charge in [0.05, 0.1) is 11.3 Å². The van der Waals surface area contributed by atoms with Gasteiger partial charge in [-0.25, -0.2) is 4.39 Å². The van der Waals surface area contributed by atoms with Crippen LogP contribution in [0.25, 0.3) is 0 Å². The average molecular weight is 317 g/mol. The summed E-state index contributed by atoms with van der Waals surface area (Å²) in [4.78, 5) is 14.0. The van der Waals surface area contributed by atoms with Crippen LogP contribution in [0.15, 0.2) is 16.6 Å². The smallest absolute Gasteiger partial charge is 0.255 e. The van der Waals surface area contributed by atoms with Crippen LogP contribution in [0.4, 0.5) is 10.1 Å². The molecule has 1 aromatic rings. The van der Waals surface area contributed by atoms with Gasteiger partial charge in [0, 0.05) is 17.6 Å². The first-order chi connectivity index (χ1) is 8.42. The van der Waals surface area contributed by atoms with Crippen LogP contribution >= 0.6 is 15.9 Å². The molecule has 0 bridgehead atoms. The molecule has 0 heterocycles. The molecule has 0 aromatic heterocycles. The van der Waals surface area contributed by atoms with Crippen molar-refractivity contribution in [2.75, 3.05) is 12.8 Å². The molecule has 0 saturated heterocycles. The number of amides is 1. The fourth-order valence-corrected chi connectivity index (χ4v) is 2.41. The quantitative estimate of drug-likeness (QED) is 0.865. The van der Waals surface area contributed by atoms with Crippen LogP contribution in [0.1, 0.15) is 37.0 Å². The lowest BCUT2D eigenvalue weighted by Crippen LogP contribution is -2.36. The molecule has 0 aliphatic heterocycles. The summed E-state index contributed by atoms with van der Waals surface area (Å²) in [5.74, 6) is -0.675. The summed E-state index contributed by atoms with van der Waals surface area (Å²) in [7, 11) is 1.76. The summed E-state index contributed by atoms with van der Waals surface area (Å²) < 4.78 is 13.7. The van der Waals surface area contributed by atoms with Crippen molar-refractivity contribution in [1.29, 1.82) is 0 Å². The Hall–Kier alpha value is -1.10. The normalized spacial score (nSPS) is 10.8. The van der Waals surface area contributed by atoms with E-state index < -0.39 is 5.82 Å². The highest BCUT2D eigenvalue weighted by atomic mass is 79.9. The summed E-state index contributed by atoms with van der Waals surface area (Å²) >= 11 is 3.20. The zero-order valence-corrected chi connectivity index (χ0v) is 12.4. The second-order valence-corrected chi connectivity index (χ2v) is 5.09. The molecular weight excluding hydrogens is 299 g/mol. The Morgan fingerprint density at radius 3 is 2.50 bits per heavy atom. The van der Waals surface area contributed by atoms with Crippen molar-refractivity contribution in [3.05, 3.63) is 28.0 Å². The summed E-state index contributed by atoms with van der Waals surface area (Å²) in [6.45, 7) is 4.07. The lowest BCUT2D eigenvalue weighted by atomic mass is 10.1. The third-order valence-corrected chi connectivity index (χ3v) is 3.78. The van der Waals surface area contributed by atoms with E-state index in [2.05, 4.69) is 15.9 Å². The Bertz CT molecular complexity index is 447. The lowest BCUT2D eigenvalue weighted by molar-refractivity contribution is 0.0723. The maximum absolute atomic E-state index is 13.2. The van der Waals surface area contributed by atoms with Crippen molar-refractivity contribution in [3.63, 3.8) is 0 Å². The van der Waals surface area contributed by atoms with Crippen molar-refractivity contribution in [2.24, 2.45) is 0 Å². The van der Waals surface area contributed by atoms with E-state index >= 15 is 0 Å². The largest absolute Gasteiger partial charge is 0.396 e. The van der Waals surface area contributed by atoms with Gasteiger partial charge in [0.25, 0.3) is 5.91 Å². The minimum Gasteiger partial charge on any atom is -0.396 e. The van der Waals surface area contributed by atoms with Crippen LogP contribution in [0.3, 0.4) is 0 Å². The number of hydrogen-bond donors (Lipinski definition) is 1. The monoisotopic (exact) mass is 316 g/mol. The Kier molecular flexibility index (Phi) is 5.14. The first-order valence-electron chi connectivity index (χ1n) is 5.94. The summed E-state index contributed by atoms with van der Waals surface area (Å²) in [5.41, 5.74) is 5.88. The van der Waals surface area contributed by atoms with Crippen molar-refractivity contribution >= 4 is 27.5 Å². The van der Waals surface area contributed by atoms with Crippen molar-refractivity contribution < 1.29 is 9.18 Å². The van der Waals surface area contributed by atoms with Crippen LogP contribution < -0.4 is 5.73 Å². The van der Waals surface area contributed by atoms with Crippen LogP contribution in [0.5, 0.6) is 0 Å². The number of hydrogen-bond acceptors (Lipinski definition) is 2. The minimum absolute atomic E-state index is 0.0144. The zero-order valence-electron chi connectivity index (χ0n) is 10.8. The molecule has 0 fully saturated rings. The topological polar surface area (TPSA) is 46.3 Å². The van der Waals surface area contributed by atoms with Crippen LogP contribution in [-0.4, -0.2) is 23.9 Å². The van der Waals surface area contributed by atoms with Crippen molar-refractivity contribution in [1.82, 2.24) is 4.90 Å². The number of benzene rings is 1. The Labute approximate surface area is 115 Å². The van der Waals surface area contributed by atoms with E-state index in [0.717, 1.165) is 12.8 Å². The van der Waals surface area contributed by atoms with E-state index in [4.69, 9.17) is 5.73 Å².